The molecule has 0 aliphatic carbocycles. The third-order valence-corrected chi connectivity index (χ3v) is 4.10. The Morgan fingerprint density at radius 1 is 0.962 bits per heavy atom. The van der Waals surface area contributed by atoms with Crippen molar-refractivity contribution < 1.29 is 26.7 Å². The van der Waals surface area contributed by atoms with Crippen LogP contribution in [0.3, 0.4) is 0 Å². The first-order valence-corrected chi connectivity index (χ1v) is 8.49. The molecule has 0 spiro atoms. The molecule has 2 rings (SSSR count). The Balaban J connectivity index is 2.26. The van der Waals surface area contributed by atoms with Crippen LogP contribution >= 0.6 is 0 Å². The second kappa shape index (κ2) is 8.05. The molecule has 0 saturated heterocycles. The summed E-state index contributed by atoms with van der Waals surface area (Å²) in [7, 11) is 0. The number of allylic oxidation sites excluding steroid dienone is 1. The number of benzene rings is 2. The Morgan fingerprint density at radius 3 is 1.88 bits per heavy atom. The molecule has 0 saturated carbocycles. The van der Waals surface area contributed by atoms with E-state index in [1.54, 1.807) is 0 Å². The maximum atomic E-state index is 14.1. The van der Waals surface area contributed by atoms with E-state index in [1.165, 1.54) is 38.1 Å². The first kappa shape index (κ1) is 19.5. The molecular weight excluding hydrogens is 362 g/mol. The molecule has 0 fully saturated rings. The van der Waals surface area contributed by atoms with Gasteiger partial charge in [-0.1, -0.05) is 25.3 Å². The summed E-state index contributed by atoms with van der Waals surface area (Å²) in [6.07, 6.45) is 0. The minimum Gasteiger partial charge on any atom is -0.420 e. The third-order valence-electron chi connectivity index (χ3n) is 3.20. The second-order valence-electron chi connectivity index (χ2n) is 5.48. The lowest BCUT2D eigenvalue weighted by Crippen LogP contribution is -2.09. The quantitative estimate of drug-likeness (QED) is 0.416. The van der Waals surface area contributed by atoms with Crippen molar-refractivity contribution in [2.75, 3.05) is 0 Å². The molecule has 7 heteroatoms. The number of halogens is 2. The van der Waals surface area contributed by atoms with Crippen LogP contribution in [-0.4, -0.2) is 10.2 Å². The van der Waals surface area contributed by atoms with Gasteiger partial charge in [0.1, 0.15) is 0 Å². The number of carbonyl (C=O) groups is 1. The summed E-state index contributed by atoms with van der Waals surface area (Å²) in [5.41, 5.74) is 0.870. The summed E-state index contributed by atoms with van der Waals surface area (Å²) in [5.74, 6) is -2.73. The normalized spacial score (nSPS) is 11.5. The molecule has 136 valence electrons. The van der Waals surface area contributed by atoms with Crippen LogP contribution in [0.15, 0.2) is 60.0 Å². The Morgan fingerprint density at radius 2 is 1.46 bits per heavy atom. The van der Waals surface area contributed by atoms with Crippen LogP contribution in [-0.2, 0) is 15.9 Å². The summed E-state index contributed by atoms with van der Waals surface area (Å²) >= 11 is -1.85. The molecule has 4 nitrogen and oxygen atoms in total. The van der Waals surface area contributed by atoms with Crippen molar-refractivity contribution in [3.63, 3.8) is 0 Å². The molecule has 0 amide bonds. The lowest BCUT2D eigenvalue weighted by molar-refractivity contribution is -0.130. The van der Waals surface area contributed by atoms with Gasteiger partial charge in [-0.15, -0.1) is 0 Å². The Bertz CT molecular complexity index is 846. The fourth-order valence-electron chi connectivity index (χ4n) is 1.85. The second-order valence-corrected chi connectivity index (χ2v) is 6.81. The molecule has 0 radical (unpaired) electrons. The highest BCUT2D eigenvalue weighted by Gasteiger charge is 2.14. The van der Waals surface area contributed by atoms with Crippen LogP contribution in [0.2, 0.25) is 0 Å². The summed E-state index contributed by atoms with van der Waals surface area (Å²) in [4.78, 5) is 11.7. The van der Waals surface area contributed by atoms with Crippen molar-refractivity contribution in [3.05, 3.63) is 71.7 Å². The summed E-state index contributed by atoms with van der Waals surface area (Å²) in [6.45, 7) is 9.82. The van der Waals surface area contributed by atoms with Crippen LogP contribution in [0.1, 0.15) is 13.8 Å². The third kappa shape index (κ3) is 4.64. The van der Waals surface area contributed by atoms with Gasteiger partial charge in [-0.05, 0) is 49.2 Å². The highest BCUT2D eigenvalue weighted by Crippen LogP contribution is 2.29. The first-order chi connectivity index (χ1) is 12.2. The van der Waals surface area contributed by atoms with E-state index in [2.05, 4.69) is 13.2 Å². The van der Waals surface area contributed by atoms with Crippen LogP contribution in [0, 0.1) is 11.6 Å². The van der Waals surface area contributed by atoms with E-state index < -0.39 is 28.7 Å². The molecule has 0 aliphatic rings. The number of hydrogen-bond acceptors (Lipinski definition) is 4. The highest BCUT2D eigenvalue weighted by atomic mass is 32.2. The molecule has 0 heterocycles. The van der Waals surface area contributed by atoms with Crippen molar-refractivity contribution in [2.45, 2.75) is 13.8 Å². The van der Waals surface area contributed by atoms with Gasteiger partial charge in [0, 0.05) is 10.5 Å². The lowest BCUT2D eigenvalue weighted by Gasteiger charge is -2.09. The predicted octanol–water partition coefficient (Wildman–Crippen LogP) is 4.69. The molecule has 1 unspecified atom stereocenters. The molecule has 26 heavy (non-hydrogen) atoms. The zero-order chi connectivity index (χ0) is 19.4. The molecule has 1 atom stereocenters. The topological polar surface area (TPSA) is 52.6 Å². The van der Waals surface area contributed by atoms with E-state index in [-0.39, 0.29) is 22.0 Å². The van der Waals surface area contributed by atoms with Gasteiger partial charge in [0.25, 0.3) is 0 Å². The fraction of sp³-hybridized carbons (Fsp3) is 0.105. The number of hydrogen-bond donors (Lipinski definition) is 0. The zero-order valence-corrected chi connectivity index (χ0v) is 15.0. The molecular formula is C19H16F2O4S. The maximum absolute atomic E-state index is 14.1. The van der Waals surface area contributed by atoms with E-state index in [1.807, 2.05) is 0 Å². The van der Waals surface area contributed by atoms with Crippen LogP contribution in [0.4, 0.5) is 8.78 Å². The summed E-state index contributed by atoms with van der Waals surface area (Å²) < 4.78 is 49.6. The first-order valence-electron chi connectivity index (χ1n) is 7.42. The van der Waals surface area contributed by atoms with Gasteiger partial charge in [0.05, 0.1) is 0 Å². The molecule has 0 aromatic heterocycles. The monoisotopic (exact) mass is 378 g/mol. The molecule has 0 aliphatic heterocycles. The van der Waals surface area contributed by atoms with Crippen LogP contribution < -0.4 is 8.92 Å². The van der Waals surface area contributed by atoms with E-state index in [0.29, 0.717) is 11.1 Å². The number of rotatable bonds is 6. The van der Waals surface area contributed by atoms with Crippen molar-refractivity contribution in [2.24, 2.45) is 0 Å². The van der Waals surface area contributed by atoms with Crippen molar-refractivity contribution in [1.82, 2.24) is 0 Å². The predicted molar refractivity (Wildman–Crippen MR) is 95.8 cm³/mol. The SMILES string of the molecule is C=C(C)C(=O)Oc1ccc(-c2ccc(OS(=O)C(=C)C)c(F)c2)cc1F. The highest BCUT2D eigenvalue weighted by molar-refractivity contribution is 7.84. The summed E-state index contributed by atoms with van der Waals surface area (Å²) in [6, 6.07) is 7.76. The number of ether oxygens (including phenoxy) is 1. The Labute approximate surface area is 152 Å². The fourth-order valence-corrected chi connectivity index (χ4v) is 2.29. The van der Waals surface area contributed by atoms with E-state index in [4.69, 9.17) is 8.92 Å². The molecule has 0 bridgehead atoms. The van der Waals surface area contributed by atoms with Crippen LogP contribution in [0.5, 0.6) is 11.5 Å². The average Bonchev–Trinajstić information content (AvgIpc) is 2.58. The molecule has 2 aromatic rings. The van der Waals surface area contributed by atoms with Crippen molar-refractivity contribution in [3.8, 4) is 22.6 Å². The maximum Gasteiger partial charge on any atom is 0.338 e. The Hall–Kier alpha value is -2.80. The van der Waals surface area contributed by atoms with Crippen molar-refractivity contribution >= 4 is 17.0 Å². The number of esters is 1. The van der Waals surface area contributed by atoms with Gasteiger partial charge in [-0.25, -0.2) is 17.8 Å². The molecule has 0 N–H and O–H groups in total. The minimum absolute atomic E-state index is 0.137. The van der Waals surface area contributed by atoms with E-state index >= 15 is 0 Å². The standard InChI is InChI=1S/C19H16F2O4S/c1-11(2)19(22)24-17-7-5-13(9-15(17)20)14-6-8-18(16(21)10-14)25-26(23)12(3)4/h5-10H,1,3H2,2,4H3. The largest absolute Gasteiger partial charge is 0.420 e. The average molecular weight is 378 g/mol. The Kier molecular flexibility index (Phi) is 6.05. The van der Waals surface area contributed by atoms with Gasteiger partial charge in [-0.3, -0.25) is 0 Å². The van der Waals surface area contributed by atoms with Crippen LogP contribution in [0.25, 0.3) is 11.1 Å². The minimum atomic E-state index is -1.85. The number of carbonyl (C=O) groups excluding carboxylic acids is 1. The van der Waals surface area contributed by atoms with E-state index in [9.17, 15) is 17.8 Å². The van der Waals surface area contributed by atoms with Gasteiger partial charge >= 0.3 is 5.97 Å². The van der Waals surface area contributed by atoms with Gasteiger partial charge in [0.15, 0.2) is 23.1 Å². The van der Waals surface area contributed by atoms with Gasteiger partial charge < -0.3 is 8.92 Å². The molecule has 2 aromatic carbocycles. The van der Waals surface area contributed by atoms with Crippen molar-refractivity contribution in [1.29, 1.82) is 0 Å². The smallest absolute Gasteiger partial charge is 0.338 e. The van der Waals surface area contributed by atoms with Gasteiger partial charge in [0.2, 0.25) is 11.1 Å². The van der Waals surface area contributed by atoms with Gasteiger partial charge in [-0.2, -0.15) is 0 Å². The van der Waals surface area contributed by atoms with E-state index in [0.717, 1.165) is 12.1 Å². The zero-order valence-electron chi connectivity index (χ0n) is 14.2. The lowest BCUT2D eigenvalue weighted by atomic mass is 10.0. The summed E-state index contributed by atoms with van der Waals surface area (Å²) in [5, 5.41) is 0.